The van der Waals surface area contributed by atoms with Crippen LogP contribution in [0.2, 0.25) is 0 Å². The highest BCUT2D eigenvalue weighted by Crippen LogP contribution is 2.67. The molecule has 0 bridgehead atoms. The Morgan fingerprint density at radius 1 is 0.464 bits per heavy atom. The fourth-order valence-corrected chi connectivity index (χ4v) is 29.0. The van der Waals surface area contributed by atoms with E-state index in [1.165, 1.54) is 127 Å². The number of nitro groups is 1. The predicted molar refractivity (Wildman–Crippen MR) is 535 cm³/mol. The number of halogens is 4. The van der Waals surface area contributed by atoms with E-state index in [2.05, 4.69) is 156 Å². The smallest absolute Gasteiger partial charge is 0.325 e. The van der Waals surface area contributed by atoms with Gasteiger partial charge in [0, 0.05) is 182 Å². The Hall–Kier alpha value is -7.78. The zero-order valence-corrected chi connectivity index (χ0v) is 87.0. The van der Waals surface area contributed by atoms with Crippen molar-refractivity contribution in [3.63, 3.8) is 0 Å². The number of aliphatic hydroxyl groups is 4. The number of nitrogens with one attached hydrogen (secondary N) is 2. The lowest BCUT2D eigenvalue weighted by molar-refractivity contribution is -0.384. The summed E-state index contributed by atoms with van der Waals surface area (Å²) in [7, 11) is 4.39. The van der Waals surface area contributed by atoms with E-state index >= 15 is 0 Å². The SMILES string of the molecule is COc1cc2c3c(c1Br)O[C@@H]1CC(=NCC(=O)O)C[C@@H](C)[C@]31C[C@@H](CO)N(CC1CC1)C2.COc1cc2c3c(c1Br)O[C@@H]1CC(=NNc4ccc([N+](=O)[O-])cc4)C[C@@H](C)[C@]31C[C@@H](CO)N(CC1CC1)C2.COc1cc2c3c(c1Br)O[C@@H]1CC(=O)C[C@@H](C)[C@]31C[C@@H](CO)N(CC1CC1)C2.COc1ccc(S(=O)(=O)NN=C2C[C@@H](C)[C@]34C[C@@H](CO)N(CC5CC5)Cc5cc(OC)c(Br)c(c53)O[C@@H]4C2)cc1. The predicted octanol–water partition coefficient (Wildman–Crippen LogP) is 16.3. The first-order valence-corrected chi connectivity index (χ1v) is 53.7. The molecule has 30 nitrogen and oxygen atoms in total. The Bertz CT molecular complexity index is 5890. The van der Waals surface area contributed by atoms with Crippen LogP contribution in [0.15, 0.2) is 111 Å². The summed E-state index contributed by atoms with van der Waals surface area (Å²) in [5.74, 6) is 9.97. The zero-order valence-electron chi connectivity index (χ0n) is 79.9. The van der Waals surface area contributed by atoms with E-state index in [1.807, 2.05) is 0 Å². The van der Waals surface area contributed by atoms with Crippen molar-refractivity contribution < 1.29 is 91.1 Å². The summed E-state index contributed by atoms with van der Waals surface area (Å²) in [5.41, 5.74) is 15.3. The number of nitro benzene ring substituents is 1. The normalized spacial score (nSPS) is 31.0. The summed E-state index contributed by atoms with van der Waals surface area (Å²) in [6.07, 6.45) is 17.7. The van der Waals surface area contributed by atoms with Gasteiger partial charge in [-0.25, -0.2) is 4.83 Å². The van der Waals surface area contributed by atoms with Crippen LogP contribution in [-0.4, -0.2) is 231 Å². The number of non-ortho nitro benzene ring substituents is 1. The summed E-state index contributed by atoms with van der Waals surface area (Å²) in [6, 6.07) is 21.2. The third kappa shape index (κ3) is 18.4. The van der Waals surface area contributed by atoms with Gasteiger partial charge in [0.1, 0.15) is 106 Å². The molecule has 35 heteroatoms. The number of carbonyl (C=O) groups is 2. The summed E-state index contributed by atoms with van der Waals surface area (Å²) in [6.45, 7) is 16.3. The highest BCUT2D eigenvalue weighted by Gasteiger charge is 2.65. The number of nitrogens with zero attached hydrogens (tertiary/aromatic N) is 8. The van der Waals surface area contributed by atoms with Crippen LogP contribution in [0, 0.1) is 57.5 Å². The Balaban J connectivity index is 0.000000119. The fraction of sp³-hybridized carbons (Fsp3) is 0.602. The summed E-state index contributed by atoms with van der Waals surface area (Å²) < 4.78 is 83.7. The largest absolute Gasteiger partial charge is 0.497 e. The molecule has 138 heavy (non-hydrogen) atoms. The number of anilines is 1. The maximum atomic E-state index is 13.0. The van der Waals surface area contributed by atoms with Crippen molar-refractivity contribution in [2.75, 3.05) is 100 Å². The zero-order chi connectivity index (χ0) is 97.1. The van der Waals surface area contributed by atoms with E-state index in [-0.39, 0.29) is 143 Å². The van der Waals surface area contributed by atoms with E-state index in [4.69, 9.17) is 52.8 Å². The highest BCUT2D eigenvalue weighted by molar-refractivity contribution is 9.11. The number of aliphatic imine (C=N–C) groups is 1. The molecule has 8 fully saturated rings. The van der Waals surface area contributed by atoms with E-state index in [0.29, 0.717) is 55.9 Å². The van der Waals surface area contributed by atoms with Crippen LogP contribution in [0.25, 0.3) is 0 Å². The minimum Gasteiger partial charge on any atom is -0.497 e. The number of aliphatic hydroxyl groups excluding tert-OH is 4. The fourth-order valence-electron chi connectivity index (χ4n) is 25.9. The second-order valence-electron chi connectivity index (χ2n) is 41.9. The van der Waals surface area contributed by atoms with Gasteiger partial charge in [-0.05, 0) is 290 Å². The highest BCUT2D eigenvalue weighted by atomic mass is 79.9. The molecule has 0 radical (unpaired) electrons. The van der Waals surface area contributed by atoms with E-state index in [1.54, 1.807) is 52.7 Å². The van der Waals surface area contributed by atoms with Gasteiger partial charge in [-0.15, -0.1) is 0 Å². The van der Waals surface area contributed by atoms with Gasteiger partial charge in [-0.2, -0.15) is 18.6 Å². The van der Waals surface area contributed by atoms with E-state index < -0.39 is 20.9 Å². The molecule has 0 aromatic heterocycles. The van der Waals surface area contributed by atoms with Gasteiger partial charge in [-0.3, -0.25) is 49.7 Å². The average Bonchev–Trinajstić information content (AvgIpc) is 1.56. The number of hydrogen-bond donors (Lipinski definition) is 7. The van der Waals surface area contributed by atoms with Crippen LogP contribution in [0.1, 0.15) is 201 Å². The molecule has 6 aromatic rings. The van der Waals surface area contributed by atoms with Gasteiger partial charge >= 0.3 is 5.97 Å². The average molecular weight is 2180 g/mol. The number of methoxy groups -OCH3 is 5. The van der Waals surface area contributed by atoms with E-state index in [9.17, 15) is 48.5 Å². The molecular weight excluding hydrogens is 2050 g/mol. The lowest BCUT2D eigenvalue weighted by Crippen LogP contribution is -2.53. The van der Waals surface area contributed by atoms with Gasteiger partial charge in [0.25, 0.3) is 15.7 Å². The molecule has 744 valence electrons. The number of hydrazone groups is 2. The van der Waals surface area contributed by atoms with Crippen molar-refractivity contribution in [1.29, 1.82) is 0 Å². The van der Waals surface area contributed by atoms with Crippen molar-refractivity contribution >= 4 is 114 Å². The van der Waals surface area contributed by atoms with Gasteiger partial charge in [0.2, 0.25) is 0 Å². The number of rotatable bonds is 25. The Morgan fingerprint density at radius 2 is 0.783 bits per heavy atom. The molecular formula is C103H128Br4N10O20S. The molecule has 22 rings (SSSR count). The second kappa shape index (κ2) is 39.7. The molecule has 0 unspecified atom stereocenters. The van der Waals surface area contributed by atoms with Crippen molar-refractivity contribution in [2.45, 2.75) is 257 Å². The van der Waals surface area contributed by atoms with Crippen LogP contribution < -0.4 is 52.9 Å². The molecule has 0 amide bonds. The quantitative estimate of drug-likeness (QED) is 0.0207. The number of carboxylic acid groups (broad SMARTS) is 1. The minimum absolute atomic E-state index is 0.00401. The Kier molecular flexibility index (Phi) is 28.5. The summed E-state index contributed by atoms with van der Waals surface area (Å²) in [4.78, 5) is 50.9. The molecule has 0 saturated heterocycles. The molecule has 16 atom stereocenters. The Morgan fingerprint density at radius 3 is 1.09 bits per heavy atom. The lowest BCUT2D eigenvalue weighted by Gasteiger charge is -2.45. The first-order valence-electron chi connectivity index (χ1n) is 49.1. The third-order valence-electron chi connectivity index (χ3n) is 33.5. The van der Waals surface area contributed by atoms with Crippen LogP contribution in [0.4, 0.5) is 11.4 Å². The molecule has 16 aliphatic rings. The monoisotopic (exact) mass is 2170 g/mol. The number of aliphatic carboxylic acids is 1. The van der Waals surface area contributed by atoms with Crippen LogP contribution in [0.5, 0.6) is 51.7 Å². The van der Waals surface area contributed by atoms with Crippen molar-refractivity contribution in [3.05, 3.63) is 145 Å². The first kappa shape index (κ1) is 99.0. The maximum absolute atomic E-state index is 13.0. The maximum Gasteiger partial charge on any atom is 0.325 e. The number of carboxylic acids is 1. The molecule has 4 spiro atoms. The number of hydrogen-bond acceptors (Lipinski definition) is 27. The molecule has 8 heterocycles. The minimum atomic E-state index is -3.84. The third-order valence-corrected chi connectivity index (χ3v) is 37.7. The van der Waals surface area contributed by atoms with Crippen LogP contribution >= 0.6 is 63.7 Å². The second-order valence-corrected chi connectivity index (χ2v) is 46.7. The standard InChI is InChI=1S/C29H36BrN3O6S.C28H33BrN4O5.C24H31BrN2O5.C22H28BrNO4/c1-17-10-20(31-32-40(35,36)23-8-6-22(37-2)7-9-23)12-25-29(17)13-21(16-34)33(14-18-4-5-18)15-19-11-24(38-3)27(30)28(39-25)26(19)29;1-16-9-20(31-30-19-5-7-21(8-6-19)33(35)36)11-24-28(16)12-22(15-34)32(13-17-3-4-17)14-18-10-23(37-2)26(29)27(38-24)25(18)28;1-13-5-16(26-9-20(29)30)7-19-24(13)8-17(12-28)27(10-14-3-4-14)11-15-6-18(31-2)22(25)23(32-19)21(15)24;1-12-5-16(26)7-18-22(12)8-15(11-25)24(9-13-3-4-13)10-14-6-17(27-2)20(23)21(28-18)19(14)22/h6-9,11,17-18,21,25,32,34H,4-5,10,12-16H2,1-3H3;5-8,10,16-17,22,24,30,34H,3-4,9,11-15H2,1-2H3;6,13-14,17,19,28H,3-5,7-12H2,1-2H3,(H,29,30);6,12-13,15,18,25H,3-5,7-11H2,1-2H3/t17-,21+,25-,29+;16-,22+,24-,28+;13-,17+,19-,24+;12-,15+,18-,22+/m1111/s1. The topological polar surface area (TPSA) is 370 Å². The van der Waals surface area contributed by atoms with Gasteiger partial charge in [0.05, 0.1) is 77.5 Å². The lowest BCUT2D eigenvalue weighted by atomic mass is 9.59. The summed E-state index contributed by atoms with van der Waals surface area (Å²) >= 11 is 14.9. The number of carbonyl (C=O) groups excluding carboxylic acids is 1. The van der Waals surface area contributed by atoms with Gasteiger partial charge < -0.3 is 68.2 Å². The summed E-state index contributed by atoms with van der Waals surface area (Å²) in [5, 5.41) is 71.1. The van der Waals surface area contributed by atoms with E-state index in [0.717, 1.165) is 190 Å². The number of ether oxygens (including phenoxy) is 9. The van der Waals surface area contributed by atoms with Gasteiger partial charge in [-0.1, -0.05) is 27.7 Å². The van der Waals surface area contributed by atoms with Crippen LogP contribution in [0.3, 0.4) is 0 Å². The Labute approximate surface area is 840 Å². The van der Waals surface area contributed by atoms with Crippen molar-refractivity contribution in [2.24, 2.45) is 62.5 Å². The number of benzene rings is 6. The number of Topliss-reactive ketones (excluding diaryl/α,β-unsaturated/α-hetero) is 1. The molecule has 6 aromatic carbocycles. The van der Waals surface area contributed by atoms with Gasteiger partial charge in [0.15, 0.2) is 0 Å². The molecule has 8 saturated carbocycles. The molecule has 8 aliphatic carbocycles. The molecule has 8 aliphatic heterocycles. The number of ketones is 1. The van der Waals surface area contributed by atoms with Crippen molar-refractivity contribution in [1.82, 2.24) is 24.4 Å². The molecule has 7 N–H and O–H groups in total. The van der Waals surface area contributed by atoms with Crippen molar-refractivity contribution in [3.8, 4) is 51.7 Å². The van der Waals surface area contributed by atoms with Crippen LogP contribution in [-0.2, 0) is 67.5 Å². The number of sulfonamides is 1. The first-order chi connectivity index (χ1) is 66.4.